The van der Waals surface area contributed by atoms with Crippen LogP contribution in [0.15, 0.2) is 12.2 Å². The molecule has 0 aromatic carbocycles. The zero-order chi connectivity index (χ0) is 8.81. The number of allylic oxidation sites excluding steroid dienone is 2. The molecule has 0 aliphatic heterocycles. The smallest absolute Gasteiger partial charge is 0.133 e. The summed E-state index contributed by atoms with van der Waals surface area (Å²) in [5.41, 5.74) is 0. The van der Waals surface area contributed by atoms with Crippen LogP contribution in [0.3, 0.4) is 0 Å². The van der Waals surface area contributed by atoms with Gasteiger partial charge in [0.2, 0.25) is 0 Å². The molecule has 0 heterocycles. The third-order valence-corrected chi connectivity index (χ3v) is 2.42. The number of rotatable bonds is 3. The minimum absolute atomic E-state index is 0.229. The average molecular weight is 165 g/mol. The molecule has 0 fully saturated rings. The first-order valence-electron chi connectivity index (χ1n) is 4.44. The Bertz CT molecular complexity index is 193. The molecule has 1 aliphatic rings. The Morgan fingerprint density at radius 2 is 2.25 bits per heavy atom. The Hall–Kier alpha value is -0.810. The Morgan fingerprint density at radius 1 is 1.50 bits per heavy atom. The van der Waals surface area contributed by atoms with Crippen molar-refractivity contribution in [2.75, 3.05) is 13.2 Å². The summed E-state index contributed by atoms with van der Waals surface area (Å²) >= 11 is 0. The molecule has 0 bridgehead atoms. The molecule has 12 heavy (non-hydrogen) atoms. The van der Waals surface area contributed by atoms with Crippen molar-refractivity contribution in [1.29, 1.82) is 5.26 Å². The molecule has 2 unspecified atom stereocenters. The van der Waals surface area contributed by atoms with Gasteiger partial charge in [-0.25, -0.2) is 0 Å². The molecule has 0 aromatic rings. The van der Waals surface area contributed by atoms with Crippen LogP contribution in [0.1, 0.15) is 19.8 Å². The van der Waals surface area contributed by atoms with Crippen molar-refractivity contribution in [3.8, 4) is 6.07 Å². The van der Waals surface area contributed by atoms with Crippen molar-refractivity contribution in [2.45, 2.75) is 19.8 Å². The van der Waals surface area contributed by atoms with E-state index in [9.17, 15) is 0 Å². The van der Waals surface area contributed by atoms with E-state index in [2.05, 4.69) is 19.1 Å². The lowest BCUT2D eigenvalue weighted by Crippen LogP contribution is -2.19. The number of ether oxygens (including phenoxy) is 1. The molecule has 0 radical (unpaired) electrons. The van der Waals surface area contributed by atoms with E-state index in [-0.39, 0.29) is 6.61 Å². The van der Waals surface area contributed by atoms with Gasteiger partial charge in [-0.3, -0.25) is 0 Å². The van der Waals surface area contributed by atoms with Gasteiger partial charge in [0, 0.05) is 0 Å². The van der Waals surface area contributed by atoms with E-state index < -0.39 is 0 Å². The van der Waals surface area contributed by atoms with Gasteiger partial charge in [-0.2, -0.15) is 5.26 Å². The van der Waals surface area contributed by atoms with Crippen LogP contribution in [-0.2, 0) is 4.74 Å². The fourth-order valence-electron chi connectivity index (χ4n) is 1.49. The monoisotopic (exact) mass is 165 g/mol. The lowest BCUT2D eigenvalue weighted by molar-refractivity contribution is 0.101. The van der Waals surface area contributed by atoms with Gasteiger partial charge in [-0.15, -0.1) is 0 Å². The van der Waals surface area contributed by atoms with E-state index in [4.69, 9.17) is 10.00 Å². The van der Waals surface area contributed by atoms with E-state index in [0.717, 1.165) is 19.4 Å². The van der Waals surface area contributed by atoms with Crippen LogP contribution in [0.5, 0.6) is 0 Å². The van der Waals surface area contributed by atoms with Crippen LogP contribution in [0.25, 0.3) is 0 Å². The first-order valence-corrected chi connectivity index (χ1v) is 4.44. The summed E-state index contributed by atoms with van der Waals surface area (Å²) in [6, 6.07) is 1.98. The summed E-state index contributed by atoms with van der Waals surface area (Å²) in [6.07, 6.45) is 6.69. The van der Waals surface area contributed by atoms with Gasteiger partial charge in [-0.05, 0) is 24.7 Å². The van der Waals surface area contributed by atoms with E-state index in [0.29, 0.717) is 11.8 Å². The minimum atomic E-state index is 0.229. The molecule has 1 rings (SSSR count). The van der Waals surface area contributed by atoms with E-state index >= 15 is 0 Å². The highest BCUT2D eigenvalue weighted by Gasteiger charge is 2.17. The van der Waals surface area contributed by atoms with Crippen LogP contribution >= 0.6 is 0 Å². The maximum absolute atomic E-state index is 8.27. The van der Waals surface area contributed by atoms with Crippen molar-refractivity contribution >= 4 is 0 Å². The van der Waals surface area contributed by atoms with Crippen LogP contribution in [0, 0.1) is 23.2 Å². The highest BCUT2D eigenvalue weighted by Crippen LogP contribution is 2.24. The second kappa shape index (κ2) is 4.95. The van der Waals surface area contributed by atoms with Gasteiger partial charge in [0.15, 0.2) is 0 Å². The first-order chi connectivity index (χ1) is 5.84. The Balaban J connectivity index is 2.22. The molecule has 0 N–H and O–H groups in total. The van der Waals surface area contributed by atoms with Crippen molar-refractivity contribution in [3.05, 3.63) is 12.2 Å². The van der Waals surface area contributed by atoms with Gasteiger partial charge in [0.05, 0.1) is 12.7 Å². The average Bonchev–Trinajstić information content (AvgIpc) is 2.09. The molecule has 0 saturated carbocycles. The molecule has 2 atom stereocenters. The Morgan fingerprint density at radius 3 is 2.92 bits per heavy atom. The quantitative estimate of drug-likeness (QED) is 0.474. The van der Waals surface area contributed by atoms with Crippen molar-refractivity contribution in [1.82, 2.24) is 0 Å². The summed E-state index contributed by atoms with van der Waals surface area (Å²) in [7, 11) is 0. The summed E-state index contributed by atoms with van der Waals surface area (Å²) in [5, 5.41) is 8.27. The third kappa shape index (κ3) is 2.67. The first kappa shape index (κ1) is 9.28. The molecule has 0 saturated heterocycles. The van der Waals surface area contributed by atoms with Crippen molar-refractivity contribution < 1.29 is 4.74 Å². The molecule has 1 aliphatic carbocycles. The van der Waals surface area contributed by atoms with Crippen LogP contribution in [0.2, 0.25) is 0 Å². The van der Waals surface area contributed by atoms with Crippen molar-refractivity contribution in [2.24, 2.45) is 11.8 Å². The maximum atomic E-state index is 8.27. The fraction of sp³-hybridized carbons (Fsp3) is 0.700. The SMILES string of the molecule is CC1CC=CCC1COCC#N. The molecule has 2 heteroatoms. The van der Waals surface area contributed by atoms with E-state index in [1.54, 1.807) is 0 Å². The van der Waals surface area contributed by atoms with Gasteiger partial charge < -0.3 is 4.74 Å². The summed E-state index contributed by atoms with van der Waals surface area (Å²) in [6.45, 7) is 3.20. The Kier molecular flexibility index (Phi) is 3.83. The highest BCUT2D eigenvalue weighted by molar-refractivity contribution is 4.93. The van der Waals surface area contributed by atoms with E-state index in [1.807, 2.05) is 6.07 Å². The van der Waals surface area contributed by atoms with Gasteiger partial charge >= 0.3 is 0 Å². The predicted octanol–water partition coefficient (Wildman–Crippen LogP) is 2.13. The Labute approximate surface area is 73.8 Å². The lowest BCUT2D eigenvalue weighted by atomic mass is 9.85. The standard InChI is InChI=1S/C10H15NO/c1-9-4-2-3-5-10(9)8-12-7-6-11/h2-3,9-10H,4-5,7-8H2,1H3. The van der Waals surface area contributed by atoms with Crippen LogP contribution in [0.4, 0.5) is 0 Å². The maximum Gasteiger partial charge on any atom is 0.133 e. The lowest BCUT2D eigenvalue weighted by Gasteiger charge is -2.24. The number of hydrogen-bond donors (Lipinski definition) is 0. The largest absolute Gasteiger partial charge is 0.366 e. The van der Waals surface area contributed by atoms with Gasteiger partial charge in [-0.1, -0.05) is 19.1 Å². The molecule has 0 amide bonds. The van der Waals surface area contributed by atoms with Crippen molar-refractivity contribution in [3.63, 3.8) is 0 Å². The second-order valence-corrected chi connectivity index (χ2v) is 3.35. The number of nitriles is 1. The second-order valence-electron chi connectivity index (χ2n) is 3.35. The fourth-order valence-corrected chi connectivity index (χ4v) is 1.49. The summed E-state index contributed by atoms with van der Waals surface area (Å²) < 4.78 is 5.20. The minimum Gasteiger partial charge on any atom is -0.366 e. The summed E-state index contributed by atoms with van der Waals surface area (Å²) in [5.74, 6) is 1.32. The third-order valence-electron chi connectivity index (χ3n) is 2.42. The molecule has 2 nitrogen and oxygen atoms in total. The molecule has 66 valence electrons. The van der Waals surface area contributed by atoms with Gasteiger partial charge in [0.1, 0.15) is 6.61 Å². The van der Waals surface area contributed by atoms with Crippen LogP contribution in [-0.4, -0.2) is 13.2 Å². The van der Waals surface area contributed by atoms with E-state index in [1.165, 1.54) is 0 Å². The van der Waals surface area contributed by atoms with Gasteiger partial charge in [0.25, 0.3) is 0 Å². The topological polar surface area (TPSA) is 33.0 Å². The molecular formula is C10H15NO. The number of nitrogens with zero attached hydrogens (tertiary/aromatic N) is 1. The molecular weight excluding hydrogens is 150 g/mol. The normalized spacial score (nSPS) is 28.3. The predicted molar refractivity (Wildman–Crippen MR) is 47.5 cm³/mol. The number of hydrogen-bond acceptors (Lipinski definition) is 2. The molecule has 0 aromatic heterocycles. The highest BCUT2D eigenvalue weighted by atomic mass is 16.5. The summed E-state index contributed by atoms with van der Waals surface area (Å²) in [4.78, 5) is 0. The zero-order valence-corrected chi connectivity index (χ0v) is 7.49. The van der Waals surface area contributed by atoms with Crippen LogP contribution < -0.4 is 0 Å². The molecule has 0 spiro atoms. The zero-order valence-electron chi connectivity index (χ0n) is 7.49.